The second-order valence-corrected chi connectivity index (χ2v) is 4.17. The minimum absolute atomic E-state index is 0.428. The van der Waals surface area contributed by atoms with Gasteiger partial charge in [0, 0.05) is 12.1 Å². The summed E-state index contributed by atoms with van der Waals surface area (Å²) in [6, 6.07) is 16.0. The number of aromatic nitrogens is 1. The third kappa shape index (κ3) is 2.18. The van der Waals surface area contributed by atoms with E-state index in [4.69, 9.17) is 15.0 Å². The lowest BCUT2D eigenvalue weighted by molar-refractivity contribution is 0.293. The van der Waals surface area contributed by atoms with Crippen LogP contribution in [0.2, 0.25) is 0 Å². The van der Waals surface area contributed by atoms with Crippen molar-refractivity contribution >= 4 is 11.0 Å². The Morgan fingerprint density at radius 1 is 1.05 bits per heavy atom. The van der Waals surface area contributed by atoms with Gasteiger partial charge in [0.2, 0.25) is 0 Å². The Morgan fingerprint density at radius 3 is 2.68 bits per heavy atom. The highest BCUT2D eigenvalue weighted by Crippen LogP contribution is 2.33. The summed E-state index contributed by atoms with van der Waals surface area (Å²) < 4.78 is 10.9. The summed E-state index contributed by atoms with van der Waals surface area (Å²) in [5, 5.41) is 4.84. The first-order valence-electron chi connectivity index (χ1n) is 6.17. The summed E-state index contributed by atoms with van der Waals surface area (Å²) in [7, 11) is 0. The summed E-state index contributed by atoms with van der Waals surface area (Å²) in [4.78, 5) is 0. The highest BCUT2D eigenvalue weighted by molar-refractivity contribution is 5.94. The van der Waals surface area contributed by atoms with Crippen molar-refractivity contribution < 1.29 is 9.26 Å². The molecule has 0 aliphatic rings. The van der Waals surface area contributed by atoms with Crippen molar-refractivity contribution in [2.75, 3.05) is 13.2 Å². The van der Waals surface area contributed by atoms with Gasteiger partial charge in [-0.15, -0.1) is 0 Å². The van der Waals surface area contributed by atoms with Crippen LogP contribution in [0.1, 0.15) is 0 Å². The van der Waals surface area contributed by atoms with Crippen molar-refractivity contribution in [1.82, 2.24) is 5.16 Å². The molecule has 2 aromatic carbocycles. The van der Waals surface area contributed by atoms with Crippen LogP contribution in [0, 0.1) is 0 Å². The van der Waals surface area contributed by atoms with Gasteiger partial charge in [0.05, 0.1) is 5.39 Å². The smallest absolute Gasteiger partial charge is 0.262 e. The van der Waals surface area contributed by atoms with E-state index in [0.717, 1.165) is 22.1 Å². The van der Waals surface area contributed by atoms with E-state index >= 15 is 0 Å². The van der Waals surface area contributed by atoms with E-state index in [-0.39, 0.29) is 0 Å². The highest BCUT2D eigenvalue weighted by atomic mass is 16.5. The number of ether oxygens (including phenoxy) is 1. The molecule has 0 spiro atoms. The summed E-state index contributed by atoms with van der Waals surface area (Å²) in [6.07, 6.45) is 0. The van der Waals surface area contributed by atoms with Gasteiger partial charge < -0.3 is 15.0 Å². The standard InChI is InChI=1S/C15H14N2O2/c16-9-10-18-15-13-8-4-7-12(14(13)19-17-15)11-5-2-1-3-6-11/h1-8H,9-10,16H2. The Hall–Kier alpha value is -2.33. The third-order valence-corrected chi connectivity index (χ3v) is 2.91. The number of rotatable bonds is 4. The summed E-state index contributed by atoms with van der Waals surface area (Å²) in [5.74, 6) is 0.498. The van der Waals surface area contributed by atoms with Crippen LogP contribution in [0.5, 0.6) is 5.88 Å². The largest absolute Gasteiger partial charge is 0.474 e. The van der Waals surface area contributed by atoms with Crippen LogP contribution in [-0.2, 0) is 0 Å². The summed E-state index contributed by atoms with van der Waals surface area (Å²) in [6.45, 7) is 0.879. The highest BCUT2D eigenvalue weighted by Gasteiger charge is 2.13. The Kier molecular flexibility index (Phi) is 3.16. The lowest BCUT2D eigenvalue weighted by Crippen LogP contribution is -2.10. The van der Waals surface area contributed by atoms with E-state index in [1.807, 2.05) is 48.5 Å². The van der Waals surface area contributed by atoms with E-state index in [2.05, 4.69) is 5.16 Å². The van der Waals surface area contributed by atoms with Gasteiger partial charge >= 0.3 is 0 Å². The normalized spacial score (nSPS) is 10.8. The SMILES string of the molecule is NCCOc1noc2c(-c3ccccc3)cccc12. The number of nitrogens with two attached hydrogens (primary N) is 1. The van der Waals surface area contributed by atoms with E-state index in [1.165, 1.54) is 0 Å². The monoisotopic (exact) mass is 254 g/mol. The van der Waals surface area contributed by atoms with E-state index in [0.29, 0.717) is 19.0 Å². The van der Waals surface area contributed by atoms with Gasteiger partial charge in [0.25, 0.3) is 5.88 Å². The van der Waals surface area contributed by atoms with Crippen LogP contribution in [0.3, 0.4) is 0 Å². The zero-order valence-corrected chi connectivity index (χ0v) is 10.4. The Morgan fingerprint density at radius 2 is 1.89 bits per heavy atom. The molecule has 3 rings (SSSR count). The predicted molar refractivity (Wildman–Crippen MR) is 74.0 cm³/mol. The van der Waals surface area contributed by atoms with Gasteiger partial charge in [-0.1, -0.05) is 42.5 Å². The molecule has 0 amide bonds. The predicted octanol–water partition coefficient (Wildman–Crippen LogP) is 2.83. The molecule has 96 valence electrons. The van der Waals surface area contributed by atoms with Crippen molar-refractivity contribution in [3.63, 3.8) is 0 Å². The molecule has 0 atom stereocenters. The molecular formula is C15H14N2O2. The fraction of sp³-hybridized carbons (Fsp3) is 0.133. The Bertz CT molecular complexity index is 677. The first-order chi connectivity index (χ1) is 9.40. The Labute approximate surface area is 110 Å². The van der Waals surface area contributed by atoms with E-state index in [9.17, 15) is 0 Å². The molecule has 1 heterocycles. The van der Waals surface area contributed by atoms with Crippen LogP contribution >= 0.6 is 0 Å². The van der Waals surface area contributed by atoms with Crippen LogP contribution in [0.25, 0.3) is 22.1 Å². The molecule has 0 aliphatic carbocycles. The van der Waals surface area contributed by atoms with Gasteiger partial charge in [-0.05, 0) is 16.8 Å². The van der Waals surface area contributed by atoms with Crippen molar-refractivity contribution in [2.45, 2.75) is 0 Å². The molecular weight excluding hydrogens is 240 g/mol. The van der Waals surface area contributed by atoms with Crippen molar-refractivity contribution in [2.24, 2.45) is 5.73 Å². The molecule has 0 saturated carbocycles. The molecule has 3 aromatic rings. The zero-order valence-electron chi connectivity index (χ0n) is 10.4. The number of para-hydroxylation sites is 1. The van der Waals surface area contributed by atoms with Gasteiger partial charge in [0.1, 0.15) is 6.61 Å². The lowest BCUT2D eigenvalue weighted by atomic mass is 10.0. The fourth-order valence-corrected chi connectivity index (χ4v) is 2.04. The van der Waals surface area contributed by atoms with Crippen LogP contribution in [-0.4, -0.2) is 18.3 Å². The van der Waals surface area contributed by atoms with Gasteiger partial charge in [-0.3, -0.25) is 0 Å². The van der Waals surface area contributed by atoms with Crippen molar-refractivity contribution in [3.8, 4) is 17.0 Å². The third-order valence-electron chi connectivity index (χ3n) is 2.91. The number of fused-ring (bicyclic) bond motifs is 1. The molecule has 0 saturated heterocycles. The lowest BCUT2D eigenvalue weighted by Gasteiger charge is -2.02. The average Bonchev–Trinajstić information content (AvgIpc) is 2.89. The zero-order chi connectivity index (χ0) is 13.1. The molecule has 0 bridgehead atoms. The first kappa shape index (κ1) is 11.7. The number of benzene rings is 2. The van der Waals surface area contributed by atoms with Crippen molar-refractivity contribution in [1.29, 1.82) is 0 Å². The molecule has 2 N–H and O–H groups in total. The Balaban J connectivity index is 2.10. The second-order valence-electron chi connectivity index (χ2n) is 4.17. The molecule has 1 aromatic heterocycles. The number of hydrogen-bond donors (Lipinski definition) is 1. The molecule has 19 heavy (non-hydrogen) atoms. The molecule has 0 aliphatic heterocycles. The fourth-order valence-electron chi connectivity index (χ4n) is 2.04. The maximum Gasteiger partial charge on any atom is 0.262 e. The first-order valence-corrected chi connectivity index (χ1v) is 6.17. The average molecular weight is 254 g/mol. The van der Waals surface area contributed by atoms with Crippen LogP contribution in [0.4, 0.5) is 0 Å². The molecule has 0 radical (unpaired) electrons. The van der Waals surface area contributed by atoms with Crippen LogP contribution < -0.4 is 10.5 Å². The summed E-state index contributed by atoms with van der Waals surface area (Å²) >= 11 is 0. The number of hydrogen-bond acceptors (Lipinski definition) is 4. The van der Waals surface area contributed by atoms with E-state index in [1.54, 1.807) is 0 Å². The summed E-state index contributed by atoms with van der Waals surface area (Å²) in [5.41, 5.74) is 8.26. The molecule has 4 heteroatoms. The molecule has 4 nitrogen and oxygen atoms in total. The van der Waals surface area contributed by atoms with Gasteiger partial charge in [0.15, 0.2) is 5.58 Å². The maximum absolute atomic E-state index is 5.47. The molecule has 0 unspecified atom stereocenters. The van der Waals surface area contributed by atoms with Gasteiger partial charge in [-0.25, -0.2) is 0 Å². The minimum Gasteiger partial charge on any atom is -0.474 e. The van der Waals surface area contributed by atoms with Crippen molar-refractivity contribution in [3.05, 3.63) is 48.5 Å². The topological polar surface area (TPSA) is 61.3 Å². The van der Waals surface area contributed by atoms with Crippen LogP contribution in [0.15, 0.2) is 53.1 Å². The van der Waals surface area contributed by atoms with E-state index < -0.39 is 0 Å². The maximum atomic E-state index is 5.47. The molecule has 0 fully saturated rings. The quantitative estimate of drug-likeness (QED) is 0.777. The number of nitrogens with zero attached hydrogens (tertiary/aromatic N) is 1. The van der Waals surface area contributed by atoms with Gasteiger partial charge in [-0.2, -0.15) is 0 Å². The second kappa shape index (κ2) is 5.12. The minimum atomic E-state index is 0.428.